The van der Waals surface area contributed by atoms with Crippen molar-refractivity contribution in [3.63, 3.8) is 0 Å². The van der Waals surface area contributed by atoms with E-state index >= 15 is 0 Å². The van der Waals surface area contributed by atoms with E-state index in [-0.39, 0.29) is 5.02 Å². The highest BCUT2D eigenvalue weighted by Gasteiger charge is 2.51. The number of rotatable bonds is 3. The van der Waals surface area contributed by atoms with Gasteiger partial charge in [-0.2, -0.15) is 0 Å². The van der Waals surface area contributed by atoms with E-state index in [4.69, 9.17) is 16.3 Å². The second-order valence-electron chi connectivity index (χ2n) is 6.42. The Morgan fingerprint density at radius 1 is 1.22 bits per heavy atom. The SMILES string of the molecule is CN1CC2(C1)CN(c1ncncc1Oc1ccc(F)cc1Cl)C2. The van der Waals surface area contributed by atoms with Crippen LogP contribution in [0.25, 0.3) is 0 Å². The van der Waals surface area contributed by atoms with Crippen LogP contribution < -0.4 is 9.64 Å². The number of benzene rings is 1. The number of hydrogen-bond donors (Lipinski definition) is 0. The van der Waals surface area contributed by atoms with E-state index < -0.39 is 5.82 Å². The summed E-state index contributed by atoms with van der Waals surface area (Å²) in [6, 6.07) is 4.05. The van der Waals surface area contributed by atoms with Crippen molar-refractivity contribution in [2.45, 2.75) is 0 Å². The maximum absolute atomic E-state index is 13.1. The van der Waals surface area contributed by atoms with Gasteiger partial charge in [0, 0.05) is 31.6 Å². The molecule has 1 aromatic heterocycles. The highest BCUT2D eigenvalue weighted by molar-refractivity contribution is 6.32. The summed E-state index contributed by atoms with van der Waals surface area (Å²) in [6.45, 7) is 4.16. The van der Waals surface area contributed by atoms with E-state index in [0.717, 1.165) is 32.0 Å². The lowest BCUT2D eigenvalue weighted by Gasteiger charge is -2.59. The minimum atomic E-state index is -0.398. The van der Waals surface area contributed by atoms with Crippen molar-refractivity contribution >= 4 is 17.4 Å². The third-order valence-corrected chi connectivity index (χ3v) is 4.63. The van der Waals surface area contributed by atoms with Gasteiger partial charge in [-0.25, -0.2) is 14.4 Å². The van der Waals surface area contributed by atoms with E-state index in [1.807, 2.05) is 0 Å². The molecule has 23 heavy (non-hydrogen) atoms. The lowest BCUT2D eigenvalue weighted by molar-refractivity contribution is -0.00298. The van der Waals surface area contributed by atoms with Crippen molar-refractivity contribution in [1.82, 2.24) is 14.9 Å². The second-order valence-corrected chi connectivity index (χ2v) is 6.82. The second kappa shape index (κ2) is 5.32. The highest BCUT2D eigenvalue weighted by Crippen LogP contribution is 2.43. The number of hydrogen-bond acceptors (Lipinski definition) is 5. The molecule has 2 aliphatic heterocycles. The van der Waals surface area contributed by atoms with E-state index in [1.54, 1.807) is 6.20 Å². The first-order chi connectivity index (χ1) is 11.0. The summed E-state index contributed by atoms with van der Waals surface area (Å²) in [6.07, 6.45) is 3.12. The molecule has 4 rings (SSSR count). The van der Waals surface area contributed by atoms with Gasteiger partial charge in [0.1, 0.15) is 17.9 Å². The van der Waals surface area contributed by atoms with Crippen molar-refractivity contribution in [3.8, 4) is 11.5 Å². The molecule has 0 unspecified atom stereocenters. The molecule has 0 N–H and O–H groups in total. The molecular formula is C16H16ClFN4O. The van der Waals surface area contributed by atoms with Crippen molar-refractivity contribution in [2.75, 3.05) is 38.1 Å². The average Bonchev–Trinajstić information content (AvgIpc) is 2.45. The van der Waals surface area contributed by atoms with Crippen LogP contribution >= 0.6 is 11.6 Å². The number of aromatic nitrogens is 2. The maximum atomic E-state index is 13.1. The lowest BCUT2D eigenvalue weighted by atomic mass is 9.73. The first kappa shape index (κ1) is 14.7. The molecule has 5 nitrogen and oxygen atoms in total. The predicted octanol–water partition coefficient (Wildman–Crippen LogP) is 2.81. The Morgan fingerprint density at radius 2 is 2.00 bits per heavy atom. The molecule has 0 saturated carbocycles. The van der Waals surface area contributed by atoms with Gasteiger partial charge < -0.3 is 14.5 Å². The fourth-order valence-corrected chi connectivity index (χ4v) is 3.71. The molecule has 2 fully saturated rings. The van der Waals surface area contributed by atoms with Crippen molar-refractivity contribution < 1.29 is 9.13 Å². The molecule has 0 atom stereocenters. The topological polar surface area (TPSA) is 41.5 Å². The van der Waals surface area contributed by atoms with Crippen LogP contribution in [0, 0.1) is 11.2 Å². The Kier molecular flexibility index (Phi) is 3.39. The summed E-state index contributed by atoms with van der Waals surface area (Å²) in [5, 5.41) is 0.223. The van der Waals surface area contributed by atoms with Gasteiger partial charge in [0.2, 0.25) is 0 Å². The van der Waals surface area contributed by atoms with Gasteiger partial charge in [0.25, 0.3) is 0 Å². The third-order valence-electron chi connectivity index (χ3n) is 4.34. The quantitative estimate of drug-likeness (QED) is 0.863. The van der Waals surface area contributed by atoms with Crippen LogP contribution in [0.5, 0.6) is 11.5 Å². The summed E-state index contributed by atoms with van der Waals surface area (Å²) >= 11 is 6.03. The summed E-state index contributed by atoms with van der Waals surface area (Å²) < 4.78 is 19.0. The highest BCUT2D eigenvalue weighted by atomic mass is 35.5. The Labute approximate surface area is 138 Å². The summed E-state index contributed by atoms with van der Waals surface area (Å²) in [5.41, 5.74) is 0.393. The van der Waals surface area contributed by atoms with Gasteiger partial charge in [-0.1, -0.05) is 11.6 Å². The fourth-order valence-electron chi connectivity index (χ4n) is 3.51. The van der Waals surface area contributed by atoms with Crippen LogP contribution in [0.2, 0.25) is 5.02 Å². The van der Waals surface area contributed by atoms with Crippen LogP contribution in [0.4, 0.5) is 10.2 Å². The van der Waals surface area contributed by atoms with Crippen molar-refractivity contribution in [2.24, 2.45) is 5.41 Å². The number of likely N-dealkylation sites (tertiary alicyclic amines) is 1. The van der Waals surface area contributed by atoms with Crippen LogP contribution in [0.1, 0.15) is 0 Å². The monoisotopic (exact) mass is 334 g/mol. The number of ether oxygens (including phenoxy) is 1. The van der Waals surface area contributed by atoms with Gasteiger partial charge >= 0.3 is 0 Å². The van der Waals surface area contributed by atoms with Gasteiger partial charge in [-0.3, -0.25) is 0 Å². The first-order valence-electron chi connectivity index (χ1n) is 7.41. The number of halogens is 2. The van der Waals surface area contributed by atoms with Crippen LogP contribution in [-0.4, -0.2) is 48.1 Å². The lowest BCUT2D eigenvalue weighted by Crippen LogP contribution is -2.71. The normalized spacial score (nSPS) is 19.3. The molecule has 0 radical (unpaired) electrons. The minimum absolute atomic E-state index is 0.223. The number of nitrogens with zero attached hydrogens (tertiary/aromatic N) is 4. The van der Waals surface area contributed by atoms with E-state index in [2.05, 4.69) is 26.8 Å². The smallest absolute Gasteiger partial charge is 0.188 e. The zero-order chi connectivity index (χ0) is 16.0. The zero-order valence-corrected chi connectivity index (χ0v) is 13.4. The van der Waals surface area contributed by atoms with E-state index in [0.29, 0.717) is 16.9 Å². The largest absolute Gasteiger partial charge is 0.450 e. The van der Waals surface area contributed by atoms with Crippen LogP contribution in [0.15, 0.2) is 30.7 Å². The van der Waals surface area contributed by atoms with Crippen molar-refractivity contribution in [3.05, 3.63) is 41.6 Å². The van der Waals surface area contributed by atoms with Gasteiger partial charge in [0.15, 0.2) is 11.6 Å². The molecule has 0 aliphatic carbocycles. The first-order valence-corrected chi connectivity index (χ1v) is 7.79. The molecule has 2 aromatic rings. The van der Waals surface area contributed by atoms with Gasteiger partial charge in [0.05, 0.1) is 11.2 Å². The molecule has 2 aliphatic rings. The molecule has 3 heterocycles. The van der Waals surface area contributed by atoms with Crippen LogP contribution in [0.3, 0.4) is 0 Å². The number of anilines is 1. The maximum Gasteiger partial charge on any atom is 0.188 e. The van der Waals surface area contributed by atoms with Gasteiger partial charge in [-0.15, -0.1) is 0 Å². The molecule has 1 spiro atoms. The summed E-state index contributed by atoms with van der Waals surface area (Å²) in [7, 11) is 2.13. The van der Waals surface area contributed by atoms with E-state index in [9.17, 15) is 4.39 Å². The summed E-state index contributed by atoms with van der Waals surface area (Å²) in [4.78, 5) is 12.9. The average molecular weight is 335 g/mol. The standard InChI is InChI=1S/C16H16ClFN4O/c1-21-6-16(7-21)8-22(9-16)15-14(5-19-10-20-15)23-13-3-2-11(18)4-12(13)17/h2-5,10H,6-9H2,1H3. The molecule has 1 aromatic carbocycles. The third kappa shape index (κ3) is 2.62. The molecule has 0 bridgehead atoms. The van der Waals surface area contributed by atoms with Crippen molar-refractivity contribution in [1.29, 1.82) is 0 Å². The van der Waals surface area contributed by atoms with Crippen LogP contribution in [-0.2, 0) is 0 Å². The summed E-state index contributed by atoms with van der Waals surface area (Å²) in [5.74, 6) is 1.28. The Hall–Kier alpha value is -1.92. The van der Waals surface area contributed by atoms with Gasteiger partial charge in [-0.05, 0) is 25.2 Å². The molecule has 0 amide bonds. The van der Waals surface area contributed by atoms with E-state index in [1.165, 1.54) is 24.5 Å². The Morgan fingerprint density at radius 3 is 2.70 bits per heavy atom. The molecule has 7 heteroatoms. The molecular weight excluding hydrogens is 319 g/mol. The zero-order valence-electron chi connectivity index (χ0n) is 12.7. The molecule has 2 saturated heterocycles. The Bertz CT molecular complexity index is 743. The predicted molar refractivity (Wildman–Crippen MR) is 85.7 cm³/mol. The molecule has 120 valence electrons. The minimum Gasteiger partial charge on any atom is -0.450 e. The fraction of sp³-hybridized carbons (Fsp3) is 0.375. The Balaban J connectivity index is 1.54.